The highest BCUT2D eigenvalue weighted by Crippen LogP contribution is 2.43. The van der Waals surface area contributed by atoms with Crippen molar-refractivity contribution in [3.8, 4) is 0 Å². The molecule has 11 nitrogen and oxygen atoms in total. The maximum Gasteiger partial charge on any atom is 0.312 e. The number of carboxylic acid groups (broad SMARTS) is 1. The molecule has 3 aliphatic rings. The van der Waals surface area contributed by atoms with Crippen molar-refractivity contribution < 1.29 is 49.6 Å². The Kier molecular flexibility index (Phi) is 4.81. The van der Waals surface area contributed by atoms with Crippen LogP contribution in [-0.2, 0) is 19.0 Å². The average Bonchev–Trinajstić information content (AvgIpc) is 3.32. The number of aliphatic carboxylic acids is 1. The van der Waals surface area contributed by atoms with Gasteiger partial charge in [-0.25, -0.2) is 0 Å². The van der Waals surface area contributed by atoms with Crippen molar-refractivity contribution in [3.05, 3.63) is 0 Å². The molecule has 2 aliphatic heterocycles. The minimum absolute atomic E-state index is 0.628. The lowest BCUT2D eigenvalue weighted by Crippen LogP contribution is -2.65. The Hall–Kier alpha value is -0.890. The van der Waals surface area contributed by atoms with Gasteiger partial charge in [0.2, 0.25) is 0 Å². The molecule has 0 aromatic heterocycles. The maximum atomic E-state index is 11.5. The van der Waals surface area contributed by atoms with Crippen molar-refractivity contribution >= 4 is 5.97 Å². The van der Waals surface area contributed by atoms with Gasteiger partial charge in [-0.2, -0.15) is 0 Å². The van der Waals surface area contributed by atoms with E-state index in [9.17, 15) is 35.4 Å². The molecule has 0 spiro atoms. The molecule has 11 atom stereocenters. The van der Waals surface area contributed by atoms with Gasteiger partial charge in [0.25, 0.3) is 0 Å². The van der Waals surface area contributed by atoms with Crippen LogP contribution >= 0.6 is 0 Å². The van der Waals surface area contributed by atoms with Crippen molar-refractivity contribution in [2.75, 3.05) is 6.61 Å². The highest BCUT2D eigenvalue weighted by atomic mass is 16.7. The molecule has 24 heavy (non-hydrogen) atoms. The van der Waals surface area contributed by atoms with Crippen molar-refractivity contribution in [2.24, 2.45) is 11.7 Å². The number of ether oxygens (including phenoxy) is 3. The fraction of sp³-hybridized carbons (Fsp3) is 0.923. The van der Waals surface area contributed by atoms with Gasteiger partial charge in [-0.3, -0.25) is 4.79 Å². The highest BCUT2D eigenvalue weighted by Gasteiger charge is 2.64. The summed E-state index contributed by atoms with van der Waals surface area (Å²) >= 11 is 0. The van der Waals surface area contributed by atoms with Crippen LogP contribution in [0.2, 0.25) is 0 Å². The number of epoxide rings is 1. The molecule has 5 unspecified atom stereocenters. The summed E-state index contributed by atoms with van der Waals surface area (Å²) in [7, 11) is 0. The summed E-state index contributed by atoms with van der Waals surface area (Å²) in [5.41, 5.74) is 5.73. The standard InChI is InChI=1S/C13H21NO10/c14-4-6(17)5(16)2(1-15)22-13(4)24-9-3(12(20)21)10-11(23-10)8(19)7(9)18/h2-11,13,15-19H,1,14H2,(H,20,21)/t2?,3?,4?,5-,6-,7-,8?,9-,10?,11+,13-/m1/s1. The van der Waals surface area contributed by atoms with Crippen LogP contribution in [0.4, 0.5) is 0 Å². The highest BCUT2D eigenvalue weighted by molar-refractivity contribution is 5.72. The Morgan fingerprint density at radius 3 is 2.25 bits per heavy atom. The molecule has 11 heteroatoms. The minimum Gasteiger partial charge on any atom is -0.481 e. The van der Waals surface area contributed by atoms with Gasteiger partial charge in [0.05, 0.1) is 12.6 Å². The number of rotatable bonds is 4. The molecule has 0 aromatic carbocycles. The summed E-state index contributed by atoms with van der Waals surface area (Å²) in [5, 5.41) is 58.2. The Morgan fingerprint density at radius 2 is 1.67 bits per heavy atom. The van der Waals surface area contributed by atoms with E-state index in [1.54, 1.807) is 0 Å². The van der Waals surface area contributed by atoms with E-state index in [-0.39, 0.29) is 0 Å². The lowest BCUT2D eigenvalue weighted by molar-refractivity contribution is -0.295. The summed E-state index contributed by atoms with van der Waals surface area (Å²) in [6.45, 7) is -0.628. The van der Waals surface area contributed by atoms with Gasteiger partial charge in [0.1, 0.15) is 54.7 Å². The minimum atomic E-state index is -1.57. The molecule has 0 bridgehead atoms. The maximum absolute atomic E-state index is 11.5. The number of hydrogen-bond acceptors (Lipinski definition) is 10. The number of aliphatic hydroxyl groups is 5. The number of aliphatic hydroxyl groups excluding tert-OH is 5. The summed E-state index contributed by atoms with van der Waals surface area (Å²) in [4.78, 5) is 11.5. The van der Waals surface area contributed by atoms with Gasteiger partial charge in [-0.1, -0.05) is 0 Å². The molecule has 138 valence electrons. The van der Waals surface area contributed by atoms with Gasteiger partial charge in [-0.05, 0) is 0 Å². The van der Waals surface area contributed by atoms with Crippen LogP contribution in [0.15, 0.2) is 0 Å². The first kappa shape index (κ1) is 17.9. The number of carbonyl (C=O) groups is 1. The van der Waals surface area contributed by atoms with E-state index in [0.29, 0.717) is 0 Å². The third-order valence-corrected chi connectivity index (χ3v) is 4.80. The third kappa shape index (κ3) is 2.81. The molecule has 0 aromatic rings. The Bertz CT molecular complexity index is 489. The van der Waals surface area contributed by atoms with E-state index in [1.165, 1.54) is 0 Å². The van der Waals surface area contributed by atoms with E-state index in [0.717, 1.165) is 0 Å². The lowest BCUT2D eigenvalue weighted by Gasteiger charge is -2.43. The molecule has 3 rings (SSSR count). The SMILES string of the molecule is NC1[C@@H](O[C@@H]2C(C(=O)O)C3O[C@H]3C(O)[C@H]2O)OC(CO)[C@@H](O)[C@@H]1O. The van der Waals surface area contributed by atoms with Gasteiger partial charge >= 0.3 is 5.97 Å². The summed E-state index contributed by atoms with van der Waals surface area (Å²) < 4.78 is 15.8. The third-order valence-electron chi connectivity index (χ3n) is 4.80. The average molecular weight is 351 g/mol. The molecular weight excluding hydrogens is 330 g/mol. The van der Waals surface area contributed by atoms with Gasteiger partial charge in [0.15, 0.2) is 6.29 Å². The van der Waals surface area contributed by atoms with E-state index < -0.39 is 79.7 Å². The first-order chi connectivity index (χ1) is 11.3. The number of nitrogens with two attached hydrogens (primary N) is 1. The van der Waals surface area contributed by atoms with Gasteiger partial charge < -0.3 is 50.6 Å². The zero-order valence-corrected chi connectivity index (χ0v) is 12.5. The second-order valence-electron chi connectivity index (χ2n) is 6.30. The molecular formula is C13H21NO10. The second kappa shape index (κ2) is 6.44. The van der Waals surface area contributed by atoms with E-state index in [1.807, 2.05) is 0 Å². The van der Waals surface area contributed by atoms with Gasteiger partial charge in [0, 0.05) is 0 Å². The first-order valence-electron chi connectivity index (χ1n) is 7.55. The van der Waals surface area contributed by atoms with Crippen molar-refractivity contribution in [1.29, 1.82) is 0 Å². The van der Waals surface area contributed by atoms with Crippen molar-refractivity contribution in [3.63, 3.8) is 0 Å². The zero-order valence-electron chi connectivity index (χ0n) is 12.5. The Labute approximate surface area is 136 Å². The van der Waals surface area contributed by atoms with Crippen molar-refractivity contribution in [1.82, 2.24) is 0 Å². The molecule has 1 saturated carbocycles. The van der Waals surface area contributed by atoms with E-state index >= 15 is 0 Å². The molecule has 8 N–H and O–H groups in total. The van der Waals surface area contributed by atoms with Gasteiger partial charge in [-0.15, -0.1) is 0 Å². The fourth-order valence-electron chi connectivity index (χ4n) is 3.31. The summed E-state index contributed by atoms with van der Waals surface area (Å²) in [6, 6.07) is -1.25. The van der Waals surface area contributed by atoms with Crippen LogP contribution in [-0.4, -0.2) is 104 Å². The number of fused-ring (bicyclic) bond motifs is 1. The van der Waals surface area contributed by atoms with Crippen LogP contribution in [0.25, 0.3) is 0 Å². The number of carboxylic acids is 1. The van der Waals surface area contributed by atoms with Crippen LogP contribution in [0.3, 0.4) is 0 Å². The summed E-state index contributed by atoms with van der Waals surface area (Å²) in [6.07, 6.45) is -11.4. The first-order valence-corrected chi connectivity index (χ1v) is 7.55. The van der Waals surface area contributed by atoms with Crippen LogP contribution in [0, 0.1) is 5.92 Å². The van der Waals surface area contributed by atoms with Crippen LogP contribution in [0.5, 0.6) is 0 Å². The second-order valence-corrected chi connectivity index (χ2v) is 6.30. The molecule has 1 aliphatic carbocycles. The smallest absolute Gasteiger partial charge is 0.312 e. The summed E-state index contributed by atoms with van der Waals surface area (Å²) in [5.74, 6) is -2.55. The van der Waals surface area contributed by atoms with Crippen molar-refractivity contribution in [2.45, 2.75) is 61.2 Å². The zero-order chi connectivity index (χ0) is 17.8. The quantitative estimate of drug-likeness (QED) is 0.240. The predicted molar refractivity (Wildman–Crippen MR) is 72.4 cm³/mol. The molecule has 0 radical (unpaired) electrons. The molecule has 2 saturated heterocycles. The Morgan fingerprint density at radius 1 is 1.00 bits per heavy atom. The largest absolute Gasteiger partial charge is 0.481 e. The fourth-order valence-corrected chi connectivity index (χ4v) is 3.31. The molecule has 2 heterocycles. The molecule has 0 amide bonds. The van der Waals surface area contributed by atoms with Crippen LogP contribution < -0.4 is 5.73 Å². The van der Waals surface area contributed by atoms with Crippen LogP contribution in [0.1, 0.15) is 0 Å². The monoisotopic (exact) mass is 351 g/mol. The lowest BCUT2D eigenvalue weighted by atomic mass is 9.82. The predicted octanol–water partition coefficient (Wildman–Crippen LogP) is -4.66. The normalized spacial score (nSPS) is 54.2. The van der Waals surface area contributed by atoms with E-state index in [4.69, 9.17) is 19.9 Å². The van der Waals surface area contributed by atoms with E-state index in [2.05, 4.69) is 0 Å². The molecule has 3 fully saturated rings. The Balaban J connectivity index is 1.78. The topological polar surface area (TPSA) is 195 Å². The number of hydrogen-bond donors (Lipinski definition) is 7.